The number of carbonyl (C=O) groups is 2. The van der Waals surface area contributed by atoms with Crippen LogP contribution in [0.1, 0.15) is 74.6 Å². The molecule has 2 aromatic rings. The molecule has 0 aliphatic carbocycles. The predicted molar refractivity (Wildman–Crippen MR) is 165 cm³/mol. The molecular formula is C33H48N4O5. The summed E-state index contributed by atoms with van der Waals surface area (Å²) in [5.41, 5.74) is 11.7. The molecule has 230 valence electrons. The van der Waals surface area contributed by atoms with E-state index in [1.54, 1.807) is 12.1 Å². The third-order valence-corrected chi connectivity index (χ3v) is 7.93. The van der Waals surface area contributed by atoms with Gasteiger partial charge in [-0.15, -0.1) is 0 Å². The smallest absolute Gasteiger partial charge is 0.302 e. The summed E-state index contributed by atoms with van der Waals surface area (Å²) < 4.78 is 10.9. The molecule has 0 saturated carbocycles. The fourth-order valence-corrected chi connectivity index (χ4v) is 5.57. The van der Waals surface area contributed by atoms with Gasteiger partial charge >= 0.3 is 5.97 Å². The number of Topliss-reactive ketones (excluding diaryl/α,β-unsaturated/α-hetero) is 1. The lowest BCUT2D eigenvalue weighted by Crippen LogP contribution is -2.23. The molecule has 0 bridgehead atoms. The van der Waals surface area contributed by atoms with Crippen molar-refractivity contribution in [3.8, 4) is 11.5 Å². The fourth-order valence-electron chi connectivity index (χ4n) is 5.57. The van der Waals surface area contributed by atoms with Crippen LogP contribution in [0.15, 0.2) is 48.1 Å². The number of rotatable bonds is 18. The molecule has 0 radical (unpaired) electrons. The van der Waals surface area contributed by atoms with E-state index in [0.29, 0.717) is 43.3 Å². The number of phenols is 1. The van der Waals surface area contributed by atoms with E-state index in [9.17, 15) is 14.7 Å². The molecule has 2 heterocycles. The van der Waals surface area contributed by atoms with Gasteiger partial charge in [0.25, 0.3) is 0 Å². The summed E-state index contributed by atoms with van der Waals surface area (Å²) in [5.74, 6) is 1.27. The van der Waals surface area contributed by atoms with Crippen LogP contribution in [0.4, 0.5) is 0 Å². The second kappa shape index (κ2) is 16.7. The number of aromatic hydroxyl groups is 1. The van der Waals surface area contributed by atoms with Gasteiger partial charge in [-0.25, -0.2) is 0 Å². The first-order valence-corrected chi connectivity index (χ1v) is 15.0. The number of H-pyrrole nitrogens is 1. The summed E-state index contributed by atoms with van der Waals surface area (Å²) in [6, 6.07) is 3.46. The number of carbonyl (C=O) groups excluding carboxylic acids is 2. The molecule has 0 fully saturated rings. The molecule has 0 amide bonds. The van der Waals surface area contributed by atoms with Crippen LogP contribution in [0.5, 0.6) is 11.5 Å². The first-order valence-electron chi connectivity index (χ1n) is 15.0. The van der Waals surface area contributed by atoms with Gasteiger partial charge in [0.1, 0.15) is 11.9 Å². The zero-order valence-corrected chi connectivity index (χ0v) is 25.6. The second-order valence-corrected chi connectivity index (χ2v) is 11.1. The quantitative estimate of drug-likeness (QED) is 0.162. The average Bonchev–Trinajstić information content (AvgIpc) is 3.40. The van der Waals surface area contributed by atoms with Gasteiger partial charge in [0.2, 0.25) is 0 Å². The summed E-state index contributed by atoms with van der Waals surface area (Å²) in [5, 5.41) is 16.4. The Labute approximate surface area is 249 Å². The van der Waals surface area contributed by atoms with Crippen LogP contribution in [0.2, 0.25) is 0 Å². The second-order valence-electron chi connectivity index (χ2n) is 11.1. The first kappa shape index (κ1) is 32.8. The number of hydrogen-bond donors (Lipinski definition) is 5. The van der Waals surface area contributed by atoms with Gasteiger partial charge in [0.05, 0.1) is 12.9 Å². The minimum Gasteiger partial charge on any atom is -0.504 e. The van der Waals surface area contributed by atoms with Crippen LogP contribution >= 0.6 is 0 Å². The van der Waals surface area contributed by atoms with Crippen molar-refractivity contribution in [3.63, 3.8) is 0 Å². The number of ketones is 1. The Hall–Kier alpha value is -3.72. The van der Waals surface area contributed by atoms with E-state index >= 15 is 0 Å². The molecular weight excluding hydrogens is 532 g/mol. The summed E-state index contributed by atoms with van der Waals surface area (Å²) in [6.45, 7) is 4.92. The van der Waals surface area contributed by atoms with Crippen molar-refractivity contribution in [2.45, 2.75) is 84.3 Å². The Bertz CT molecular complexity index is 1250. The molecule has 42 heavy (non-hydrogen) atoms. The number of ether oxygens (including phenoxy) is 2. The average molecular weight is 581 g/mol. The number of allylic oxidation sites excluding steroid dienone is 2. The standard InChI is InChI=1S/C33H48N4O5/c1-5-23(14-27-21-36-20-26(27)8-6-24-12-13-37-33(34)15-24)7-11-30(42-22(2)38)18-29(39)10-9-25-17-32(41-4)31(40)16-28(25)19-35-3/h12,15-17,20-21,23,30,35-37,40H,5-11,13-14,18-19,34H2,1-4H3. The van der Waals surface area contributed by atoms with Crippen molar-refractivity contribution in [3.05, 3.63) is 70.3 Å². The maximum atomic E-state index is 13.0. The topological polar surface area (TPSA) is 139 Å². The lowest BCUT2D eigenvalue weighted by atomic mass is 9.89. The van der Waals surface area contributed by atoms with Crippen molar-refractivity contribution in [2.75, 3.05) is 20.7 Å². The summed E-state index contributed by atoms with van der Waals surface area (Å²) >= 11 is 0. The molecule has 1 aromatic carbocycles. The van der Waals surface area contributed by atoms with Gasteiger partial charge in [0, 0.05) is 45.2 Å². The van der Waals surface area contributed by atoms with E-state index in [1.165, 1.54) is 30.7 Å². The molecule has 1 aromatic heterocycles. The van der Waals surface area contributed by atoms with E-state index in [0.717, 1.165) is 49.8 Å². The molecule has 9 nitrogen and oxygen atoms in total. The number of aromatic amines is 1. The van der Waals surface area contributed by atoms with Crippen LogP contribution in [0.3, 0.4) is 0 Å². The number of hydrogen-bond acceptors (Lipinski definition) is 8. The number of dihydropyridines is 1. The number of esters is 1. The normalized spacial score (nSPS) is 14.4. The van der Waals surface area contributed by atoms with Crippen molar-refractivity contribution < 1.29 is 24.2 Å². The largest absolute Gasteiger partial charge is 0.504 e. The van der Waals surface area contributed by atoms with Crippen molar-refractivity contribution in [2.24, 2.45) is 11.7 Å². The van der Waals surface area contributed by atoms with Crippen LogP contribution in [-0.2, 0) is 40.1 Å². The van der Waals surface area contributed by atoms with Gasteiger partial charge in [-0.3, -0.25) is 9.59 Å². The van der Waals surface area contributed by atoms with Crippen LogP contribution in [-0.4, -0.2) is 48.6 Å². The minimum atomic E-state index is -0.440. The van der Waals surface area contributed by atoms with E-state index in [2.05, 4.69) is 41.0 Å². The third kappa shape index (κ3) is 10.3. The van der Waals surface area contributed by atoms with Crippen LogP contribution < -0.4 is 21.1 Å². The number of nitrogens with two attached hydrogens (primary N) is 1. The molecule has 0 saturated heterocycles. The Morgan fingerprint density at radius 1 is 1.10 bits per heavy atom. The fraction of sp³-hybridized carbons (Fsp3) is 0.515. The molecule has 9 heteroatoms. The van der Waals surface area contributed by atoms with Gasteiger partial charge in [-0.05, 0) is 97.5 Å². The molecule has 2 atom stereocenters. The van der Waals surface area contributed by atoms with Gasteiger partial charge in [0.15, 0.2) is 11.5 Å². The zero-order valence-electron chi connectivity index (χ0n) is 25.6. The van der Waals surface area contributed by atoms with Crippen LogP contribution in [0, 0.1) is 5.92 Å². The van der Waals surface area contributed by atoms with Crippen LogP contribution in [0.25, 0.3) is 0 Å². The highest BCUT2D eigenvalue weighted by Gasteiger charge is 2.21. The highest BCUT2D eigenvalue weighted by molar-refractivity contribution is 5.79. The molecule has 3 rings (SSSR count). The third-order valence-electron chi connectivity index (χ3n) is 7.93. The predicted octanol–water partition coefficient (Wildman–Crippen LogP) is 4.58. The van der Waals surface area contributed by atoms with E-state index in [-0.39, 0.29) is 23.9 Å². The van der Waals surface area contributed by atoms with Gasteiger partial charge in [-0.2, -0.15) is 0 Å². The number of phenolic OH excluding ortho intramolecular Hbond substituents is 1. The van der Waals surface area contributed by atoms with Crippen molar-refractivity contribution >= 4 is 11.8 Å². The Kier molecular flexibility index (Phi) is 13.0. The van der Waals surface area contributed by atoms with E-state index in [1.807, 2.05) is 13.1 Å². The van der Waals surface area contributed by atoms with E-state index in [4.69, 9.17) is 15.2 Å². The zero-order chi connectivity index (χ0) is 30.5. The molecule has 1 aliphatic heterocycles. The maximum Gasteiger partial charge on any atom is 0.302 e. The Morgan fingerprint density at radius 2 is 1.88 bits per heavy atom. The number of aryl methyl sites for hydroxylation is 2. The number of methoxy groups -OCH3 is 1. The first-order chi connectivity index (χ1) is 20.2. The summed E-state index contributed by atoms with van der Waals surface area (Å²) in [4.78, 5) is 28.2. The van der Waals surface area contributed by atoms with E-state index < -0.39 is 6.10 Å². The number of benzene rings is 1. The number of nitrogens with one attached hydrogen (secondary N) is 3. The lowest BCUT2D eigenvalue weighted by molar-refractivity contribution is -0.148. The summed E-state index contributed by atoms with van der Waals surface area (Å²) in [7, 11) is 3.34. The lowest BCUT2D eigenvalue weighted by Gasteiger charge is -2.21. The Balaban J connectivity index is 1.55. The highest BCUT2D eigenvalue weighted by Crippen LogP contribution is 2.30. The Morgan fingerprint density at radius 3 is 2.57 bits per heavy atom. The molecule has 2 unspecified atom stereocenters. The number of aromatic nitrogens is 1. The minimum absolute atomic E-state index is 0.0478. The molecule has 1 aliphatic rings. The maximum absolute atomic E-state index is 13.0. The highest BCUT2D eigenvalue weighted by atomic mass is 16.5. The molecule has 6 N–H and O–H groups in total. The van der Waals surface area contributed by atoms with Gasteiger partial charge in [-0.1, -0.05) is 19.4 Å². The molecule has 0 spiro atoms. The monoisotopic (exact) mass is 580 g/mol. The van der Waals surface area contributed by atoms with Crippen molar-refractivity contribution in [1.82, 2.24) is 15.6 Å². The van der Waals surface area contributed by atoms with Crippen molar-refractivity contribution in [1.29, 1.82) is 0 Å². The van der Waals surface area contributed by atoms with Gasteiger partial charge < -0.3 is 35.9 Å². The SMILES string of the molecule is CCC(CCC(CC(=O)CCc1cc(OC)c(O)cc1CNC)OC(C)=O)Cc1c[nH]cc1CCC1=CCNC(N)=C1. The summed E-state index contributed by atoms with van der Waals surface area (Å²) in [6.07, 6.45) is 14.3.